The van der Waals surface area contributed by atoms with Crippen LogP contribution in [0.3, 0.4) is 0 Å². The van der Waals surface area contributed by atoms with Crippen molar-refractivity contribution in [2.45, 2.75) is 0 Å². The Kier molecular flexibility index (Phi) is 5.77. The van der Waals surface area contributed by atoms with E-state index in [9.17, 15) is 0 Å². The maximum absolute atomic E-state index is 6.42. The Morgan fingerprint density at radius 3 is 1.88 bits per heavy atom. The van der Waals surface area contributed by atoms with Gasteiger partial charge in [0.2, 0.25) is 0 Å². The summed E-state index contributed by atoms with van der Waals surface area (Å²) in [6, 6.07) is 44.9. The van der Waals surface area contributed by atoms with E-state index in [1.807, 2.05) is 91.1 Å². The standard InChI is InChI=1S/C42H24N4O2/c1-2-10-25(11-3-1)40-44-41(46-42(45-40)32-16-9-19-36-39(32)31-14-6-7-17-34(31)47-36)30-13-5-4-12-28(30)29-15-8-18-35-38(29)33-22-27-24-43-21-20-26(27)23-37(33)48-35/h1-24H. The fourth-order valence-corrected chi connectivity index (χ4v) is 6.84. The van der Waals surface area contributed by atoms with Crippen molar-refractivity contribution in [1.82, 2.24) is 19.9 Å². The molecule has 0 bridgehead atoms. The summed E-state index contributed by atoms with van der Waals surface area (Å²) >= 11 is 0. The average Bonchev–Trinajstić information content (AvgIpc) is 3.72. The number of furan rings is 2. The zero-order valence-corrected chi connectivity index (χ0v) is 25.5. The second-order valence-corrected chi connectivity index (χ2v) is 11.8. The van der Waals surface area contributed by atoms with Gasteiger partial charge in [0.15, 0.2) is 17.5 Å². The molecule has 0 N–H and O–H groups in total. The molecular weight excluding hydrogens is 592 g/mol. The van der Waals surface area contributed by atoms with E-state index in [1.165, 1.54) is 0 Å². The molecule has 6 aromatic carbocycles. The van der Waals surface area contributed by atoms with Crippen LogP contribution in [-0.2, 0) is 0 Å². The largest absolute Gasteiger partial charge is 0.456 e. The maximum Gasteiger partial charge on any atom is 0.164 e. The summed E-state index contributed by atoms with van der Waals surface area (Å²) in [7, 11) is 0. The first-order valence-electron chi connectivity index (χ1n) is 15.8. The summed E-state index contributed by atoms with van der Waals surface area (Å²) < 4.78 is 12.7. The summed E-state index contributed by atoms with van der Waals surface area (Å²) in [6.07, 6.45) is 3.70. The predicted molar refractivity (Wildman–Crippen MR) is 191 cm³/mol. The summed E-state index contributed by atoms with van der Waals surface area (Å²) in [5, 5.41) is 6.23. The minimum Gasteiger partial charge on any atom is -0.456 e. The van der Waals surface area contributed by atoms with Crippen LogP contribution in [0.5, 0.6) is 0 Å². The highest BCUT2D eigenvalue weighted by atomic mass is 16.3. The Balaban J connectivity index is 1.24. The summed E-state index contributed by atoms with van der Waals surface area (Å²) in [4.78, 5) is 19.7. The highest BCUT2D eigenvalue weighted by Crippen LogP contribution is 2.42. The van der Waals surface area contributed by atoms with Gasteiger partial charge in [0.05, 0.1) is 0 Å². The smallest absolute Gasteiger partial charge is 0.164 e. The van der Waals surface area contributed by atoms with Gasteiger partial charge in [-0.1, -0.05) is 97.1 Å². The molecule has 10 rings (SSSR count). The average molecular weight is 617 g/mol. The summed E-state index contributed by atoms with van der Waals surface area (Å²) in [5.41, 5.74) is 8.00. The van der Waals surface area contributed by atoms with Gasteiger partial charge < -0.3 is 8.83 Å². The van der Waals surface area contributed by atoms with Gasteiger partial charge in [0, 0.05) is 56.0 Å². The lowest BCUT2D eigenvalue weighted by molar-refractivity contribution is 0.669. The quantitative estimate of drug-likeness (QED) is 0.196. The van der Waals surface area contributed by atoms with Crippen molar-refractivity contribution in [2.75, 3.05) is 0 Å². The number of pyridine rings is 1. The van der Waals surface area contributed by atoms with Crippen molar-refractivity contribution in [3.05, 3.63) is 146 Å². The number of hydrogen-bond acceptors (Lipinski definition) is 6. The second kappa shape index (κ2) is 10.4. The van der Waals surface area contributed by atoms with E-state index < -0.39 is 0 Å². The highest BCUT2D eigenvalue weighted by molar-refractivity contribution is 6.16. The summed E-state index contributed by atoms with van der Waals surface area (Å²) in [5.74, 6) is 1.76. The molecule has 0 spiro atoms. The topological polar surface area (TPSA) is 77.8 Å². The van der Waals surface area contributed by atoms with Gasteiger partial charge in [0.25, 0.3) is 0 Å². The van der Waals surface area contributed by atoms with Gasteiger partial charge >= 0.3 is 0 Å². The lowest BCUT2D eigenvalue weighted by Gasteiger charge is -2.13. The summed E-state index contributed by atoms with van der Waals surface area (Å²) in [6.45, 7) is 0. The molecule has 0 aliphatic carbocycles. The van der Waals surface area contributed by atoms with E-state index in [1.54, 1.807) is 6.20 Å². The zero-order valence-electron chi connectivity index (χ0n) is 25.5. The molecular formula is C42H24N4O2. The lowest BCUT2D eigenvalue weighted by atomic mass is 9.94. The van der Waals surface area contributed by atoms with Crippen LogP contribution < -0.4 is 0 Å². The SMILES string of the molecule is c1ccc(-c2nc(-c3ccccc3-c3cccc4oc5cc6ccncc6cc5c34)nc(-c3cccc4oc5ccccc5c34)n2)cc1. The molecule has 0 saturated carbocycles. The first kappa shape index (κ1) is 26.5. The van der Waals surface area contributed by atoms with Crippen LogP contribution in [-0.4, -0.2) is 19.9 Å². The molecule has 4 aromatic heterocycles. The fraction of sp³-hybridized carbons (Fsp3) is 0. The van der Waals surface area contributed by atoms with Crippen LogP contribution in [0.2, 0.25) is 0 Å². The third kappa shape index (κ3) is 4.13. The Morgan fingerprint density at radius 2 is 1.02 bits per heavy atom. The molecule has 0 radical (unpaired) electrons. The molecule has 48 heavy (non-hydrogen) atoms. The minimum atomic E-state index is 0.580. The Morgan fingerprint density at radius 1 is 0.396 bits per heavy atom. The van der Waals surface area contributed by atoms with E-state index in [2.05, 4.69) is 53.5 Å². The number of nitrogens with zero attached hydrogens (tertiary/aromatic N) is 4. The molecule has 0 saturated heterocycles. The highest BCUT2D eigenvalue weighted by Gasteiger charge is 2.21. The molecule has 224 valence electrons. The molecule has 4 heterocycles. The Hall–Kier alpha value is -6.66. The van der Waals surface area contributed by atoms with Gasteiger partial charge in [-0.05, 0) is 52.9 Å². The first-order chi connectivity index (χ1) is 23.8. The molecule has 0 aliphatic rings. The normalized spacial score (nSPS) is 11.8. The van der Waals surface area contributed by atoms with Gasteiger partial charge in [-0.3, -0.25) is 4.98 Å². The predicted octanol–water partition coefficient (Wildman–Crippen LogP) is 10.9. The van der Waals surface area contributed by atoms with Gasteiger partial charge in [-0.25, -0.2) is 15.0 Å². The molecule has 0 atom stereocenters. The minimum absolute atomic E-state index is 0.580. The first-order valence-corrected chi connectivity index (χ1v) is 15.8. The van der Waals surface area contributed by atoms with E-state index in [0.29, 0.717) is 17.5 Å². The number of fused-ring (bicyclic) bond motifs is 7. The van der Waals surface area contributed by atoms with Crippen LogP contribution in [0.25, 0.3) is 99.9 Å². The third-order valence-corrected chi connectivity index (χ3v) is 9.02. The number of aromatic nitrogens is 4. The van der Waals surface area contributed by atoms with Gasteiger partial charge in [-0.2, -0.15) is 0 Å². The Bertz CT molecular complexity index is 2850. The van der Waals surface area contributed by atoms with E-state index in [0.717, 1.165) is 82.5 Å². The number of rotatable bonds is 4. The molecule has 6 nitrogen and oxygen atoms in total. The van der Waals surface area contributed by atoms with Crippen molar-refractivity contribution in [3.8, 4) is 45.3 Å². The fourth-order valence-electron chi connectivity index (χ4n) is 6.84. The van der Waals surface area contributed by atoms with E-state index in [4.69, 9.17) is 23.8 Å². The molecule has 10 aromatic rings. The molecule has 0 amide bonds. The van der Waals surface area contributed by atoms with Gasteiger partial charge in [0.1, 0.15) is 22.3 Å². The molecule has 0 fully saturated rings. The van der Waals surface area contributed by atoms with Crippen LogP contribution in [0.4, 0.5) is 0 Å². The number of hydrogen-bond donors (Lipinski definition) is 0. The van der Waals surface area contributed by atoms with E-state index >= 15 is 0 Å². The van der Waals surface area contributed by atoms with Crippen LogP contribution >= 0.6 is 0 Å². The lowest BCUT2D eigenvalue weighted by Crippen LogP contribution is -2.01. The van der Waals surface area contributed by atoms with Crippen molar-refractivity contribution < 1.29 is 8.83 Å². The van der Waals surface area contributed by atoms with Crippen molar-refractivity contribution in [3.63, 3.8) is 0 Å². The second-order valence-electron chi connectivity index (χ2n) is 11.8. The molecule has 6 heteroatoms. The zero-order chi connectivity index (χ0) is 31.6. The number of para-hydroxylation sites is 1. The van der Waals surface area contributed by atoms with Gasteiger partial charge in [-0.15, -0.1) is 0 Å². The maximum atomic E-state index is 6.42. The van der Waals surface area contributed by atoms with Crippen molar-refractivity contribution in [1.29, 1.82) is 0 Å². The number of benzene rings is 6. The van der Waals surface area contributed by atoms with Crippen LogP contribution in [0.1, 0.15) is 0 Å². The van der Waals surface area contributed by atoms with Crippen LogP contribution in [0.15, 0.2) is 155 Å². The molecule has 0 unspecified atom stereocenters. The van der Waals surface area contributed by atoms with E-state index in [-0.39, 0.29) is 0 Å². The van der Waals surface area contributed by atoms with Crippen molar-refractivity contribution in [2.24, 2.45) is 0 Å². The third-order valence-electron chi connectivity index (χ3n) is 9.02. The monoisotopic (exact) mass is 616 g/mol. The Labute approximate surface area is 274 Å². The van der Waals surface area contributed by atoms with Crippen molar-refractivity contribution >= 4 is 54.6 Å². The molecule has 0 aliphatic heterocycles. The van der Waals surface area contributed by atoms with Crippen LogP contribution in [0, 0.1) is 0 Å².